The van der Waals surface area contributed by atoms with E-state index in [-0.39, 0.29) is 38.0 Å². The maximum Gasteiger partial charge on any atom is 0.306 e. The van der Waals surface area contributed by atoms with Crippen LogP contribution in [0.3, 0.4) is 0 Å². The minimum atomic E-state index is -0.376. The third-order valence-electron chi connectivity index (χ3n) is 4.07. The molecule has 28 heavy (non-hydrogen) atoms. The van der Waals surface area contributed by atoms with E-state index < -0.39 is 0 Å². The summed E-state index contributed by atoms with van der Waals surface area (Å²) in [6.07, 6.45) is 12.2. The molecule has 0 aromatic carbocycles. The van der Waals surface area contributed by atoms with Crippen LogP contribution < -0.4 is 0 Å². The number of carbonyl (C=O) groups excluding carboxylic acids is 2. The summed E-state index contributed by atoms with van der Waals surface area (Å²) in [7, 11) is 0. The lowest BCUT2D eigenvalue weighted by atomic mass is 10.1. The first kappa shape index (κ1) is 25.9. The molecule has 0 spiro atoms. The fourth-order valence-corrected chi connectivity index (χ4v) is 2.28. The molecule has 0 atom stereocenters. The summed E-state index contributed by atoms with van der Waals surface area (Å²) in [5, 5.41) is 0. The summed E-state index contributed by atoms with van der Waals surface area (Å²) in [6.45, 7) is 12.9. The topological polar surface area (TPSA) is 52.6 Å². The lowest BCUT2D eigenvalue weighted by molar-refractivity contribution is -0.149. The molecule has 0 aromatic heterocycles. The van der Waals surface area contributed by atoms with Crippen molar-refractivity contribution in [1.29, 1.82) is 0 Å². The second-order valence-electron chi connectivity index (χ2n) is 7.61. The van der Waals surface area contributed by atoms with Gasteiger partial charge in [0.15, 0.2) is 0 Å². The normalized spacial score (nSPS) is 11.6. The van der Waals surface area contributed by atoms with E-state index in [2.05, 4.69) is 39.8 Å². The molecule has 0 bridgehead atoms. The van der Waals surface area contributed by atoms with Crippen molar-refractivity contribution in [2.24, 2.45) is 0 Å². The maximum absolute atomic E-state index is 11.7. The molecule has 0 saturated carbocycles. The third kappa shape index (κ3) is 17.3. The maximum atomic E-state index is 11.7. The average Bonchev–Trinajstić information content (AvgIpc) is 2.59. The molecule has 0 fully saturated rings. The van der Waals surface area contributed by atoms with Crippen molar-refractivity contribution in [3.05, 3.63) is 46.6 Å². The zero-order chi connectivity index (χ0) is 21.4. The van der Waals surface area contributed by atoms with Crippen LogP contribution in [0.1, 0.15) is 80.1 Å². The van der Waals surface area contributed by atoms with E-state index in [0.717, 1.165) is 25.7 Å². The predicted molar refractivity (Wildman–Crippen MR) is 116 cm³/mol. The van der Waals surface area contributed by atoms with E-state index >= 15 is 0 Å². The monoisotopic (exact) mass is 390 g/mol. The Labute approximate surface area is 171 Å². The Hall–Kier alpha value is -2.10. The third-order valence-corrected chi connectivity index (χ3v) is 4.07. The largest absolute Gasteiger partial charge is 0.461 e. The van der Waals surface area contributed by atoms with Gasteiger partial charge in [-0.15, -0.1) is 0 Å². The highest BCUT2D eigenvalue weighted by Crippen LogP contribution is 2.08. The van der Waals surface area contributed by atoms with Gasteiger partial charge in [0.05, 0.1) is 12.8 Å². The molecule has 4 heteroatoms. The second kappa shape index (κ2) is 15.9. The Morgan fingerprint density at radius 2 is 0.929 bits per heavy atom. The summed E-state index contributed by atoms with van der Waals surface area (Å²) in [5.41, 5.74) is 4.99. The van der Waals surface area contributed by atoms with Crippen molar-refractivity contribution in [3.8, 4) is 0 Å². The molecule has 0 heterocycles. The van der Waals surface area contributed by atoms with E-state index in [0.29, 0.717) is 0 Å². The Kier molecular flexibility index (Phi) is 14.7. The Morgan fingerprint density at radius 1 is 0.571 bits per heavy atom. The quantitative estimate of drug-likeness (QED) is 0.276. The molecule has 0 aliphatic heterocycles. The fourth-order valence-electron chi connectivity index (χ4n) is 2.28. The van der Waals surface area contributed by atoms with Crippen LogP contribution >= 0.6 is 0 Å². The van der Waals surface area contributed by atoms with E-state index in [1.54, 1.807) is 0 Å². The molecule has 0 rings (SSSR count). The van der Waals surface area contributed by atoms with Crippen LogP contribution in [-0.4, -0.2) is 25.2 Å². The van der Waals surface area contributed by atoms with Crippen molar-refractivity contribution in [2.75, 3.05) is 13.2 Å². The Morgan fingerprint density at radius 3 is 1.25 bits per heavy atom. The van der Waals surface area contributed by atoms with Gasteiger partial charge in [0.1, 0.15) is 13.2 Å². The van der Waals surface area contributed by atoms with Crippen LogP contribution in [0.15, 0.2) is 46.6 Å². The molecular weight excluding hydrogens is 352 g/mol. The molecule has 0 unspecified atom stereocenters. The highest BCUT2D eigenvalue weighted by Gasteiger charge is 2.08. The van der Waals surface area contributed by atoms with Gasteiger partial charge in [0, 0.05) is 0 Å². The van der Waals surface area contributed by atoms with Gasteiger partial charge < -0.3 is 9.47 Å². The van der Waals surface area contributed by atoms with Gasteiger partial charge in [-0.05, 0) is 79.4 Å². The summed E-state index contributed by atoms with van der Waals surface area (Å²) in [6, 6.07) is 0. The lowest BCUT2D eigenvalue weighted by Gasteiger charge is -2.05. The molecule has 0 N–H and O–H groups in total. The van der Waals surface area contributed by atoms with Gasteiger partial charge in [-0.25, -0.2) is 0 Å². The molecule has 0 aliphatic rings. The summed E-state index contributed by atoms with van der Waals surface area (Å²) in [5.74, 6) is -0.752. The van der Waals surface area contributed by atoms with Crippen LogP contribution in [0.2, 0.25) is 0 Å². The highest BCUT2D eigenvalue weighted by molar-refractivity contribution is 5.77. The molecule has 0 aromatic rings. The van der Waals surface area contributed by atoms with Crippen LogP contribution in [0.5, 0.6) is 0 Å². The first-order valence-electron chi connectivity index (χ1n) is 10.1. The fraction of sp³-hybridized carbons (Fsp3) is 0.583. The minimum absolute atomic E-state index is 0.0484. The Bertz CT molecular complexity index is 544. The predicted octanol–water partition coefficient (Wildman–Crippen LogP) is 6.24. The number of esters is 2. The van der Waals surface area contributed by atoms with Crippen molar-refractivity contribution in [3.63, 3.8) is 0 Å². The van der Waals surface area contributed by atoms with Crippen molar-refractivity contribution in [2.45, 2.75) is 80.1 Å². The van der Waals surface area contributed by atoms with Gasteiger partial charge in [0.25, 0.3) is 0 Å². The van der Waals surface area contributed by atoms with Gasteiger partial charge in [0.2, 0.25) is 0 Å². The molecule has 0 amide bonds. The van der Waals surface area contributed by atoms with Crippen LogP contribution in [0, 0.1) is 0 Å². The minimum Gasteiger partial charge on any atom is -0.461 e. The van der Waals surface area contributed by atoms with Crippen LogP contribution in [-0.2, 0) is 19.1 Å². The highest BCUT2D eigenvalue weighted by atomic mass is 16.5. The standard InChI is InChI=1S/C24H38O4/c1-19(2)9-7-11-21(5)15-17-27-23(25)13-14-24(26)28-18-16-22(6)12-8-10-20(3)4/h9-10,15-16H,7-8,11-14,17-18H2,1-6H3/b21-15-,22-16+. The van der Waals surface area contributed by atoms with Crippen molar-refractivity contribution >= 4 is 11.9 Å². The summed E-state index contributed by atoms with van der Waals surface area (Å²) in [4.78, 5) is 23.4. The smallest absolute Gasteiger partial charge is 0.306 e. The van der Waals surface area contributed by atoms with E-state index in [1.165, 1.54) is 22.3 Å². The van der Waals surface area contributed by atoms with E-state index in [1.807, 2.05) is 26.0 Å². The Balaban J connectivity index is 3.92. The molecular formula is C24H38O4. The number of allylic oxidation sites excluding steroid dienone is 6. The first-order chi connectivity index (χ1) is 13.2. The van der Waals surface area contributed by atoms with Crippen LogP contribution in [0.25, 0.3) is 0 Å². The van der Waals surface area contributed by atoms with Crippen LogP contribution in [0.4, 0.5) is 0 Å². The number of hydrogen-bond acceptors (Lipinski definition) is 4. The zero-order valence-corrected chi connectivity index (χ0v) is 18.6. The SMILES string of the molecule is CC(C)=CCC/C(C)=C\COC(=O)CCC(=O)OC/C=C(\C)CCC=C(C)C. The van der Waals surface area contributed by atoms with Gasteiger partial charge >= 0.3 is 11.9 Å². The lowest BCUT2D eigenvalue weighted by Crippen LogP contribution is -2.10. The molecule has 0 aliphatic carbocycles. The number of ether oxygens (including phenoxy) is 2. The molecule has 0 saturated heterocycles. The number of carbonyl (C=O) groups is 2. The second-order valence-corrected chi connectivity index (χ2v) is 7.61. The molecule has 158 valence electrons. The van der Waals surface area contributed by atoms with Gasteiger partial charge in [-0.1, -0.05) is 34.4 Å². The summed E-state index contributed by atoms with van der Waals surface area (Å²) < 4.78 is 10.3. The first-order valence-corrected chi connectivity index (χ1v) is 10.1. The zero-order valence-electron chi connectivity index (χ0n) is 18.6. The summed E-state index contributed by atoms with van der Waals surface area (Å²) >= 11 is 0. The number of hydrogen-bond donors (Lipinski definition) is 0. The molecule has 0 radical (unpaired) electrons. The van der Waals surface area contributed by atoms with Gasteiger partial charge in [-0.3, -0.25) is 9.59 Å². The average molecular weight is 391 g/mol. The van der Waals surface area contributed by atoms with E-state index in [9.17, 15) is 9.59 Å². The molecule has 4 nitrogen and oxygen atoms in total. The van der Waals surface area contributed by atoms with Gasteiger partial charge in [-0.2, -0.15) is 0 Å². The van der Waals surface area contributed by atoms with Crippen molar-refractivity contribution < 1.29 is 19.1 Å². The van der Waals surface area contributed by atoms with Crippen molar-refractivity contribution in [1.82, 2.24) is 0 Å². The number of rotatable bonds is 13. The van der Waals surface area contributed by atoms with E-state index in [4.69, 9.17) is 9.47 Å².